The molecule has 3 rings (SSSR count). The molecule has 1 aliphatic rings. The van der Waals surface area contributed by atoms with Crippen LogP contribution in [-0.4, -0.2) is 25.8 Å². The van der Waals surface area contributed by atoms with E-state index in [4.69, 9.17) is 9.47 Å². The molecular weight excluding hydrogens is 304 g/mol. The third kappa shape index (κ3) is 4.26. The zero-order chi connectivity index (χ0) is 16.8. The van der Waals surface area contributed by atoms with Crippen LogP contribution in [-0.2, 0) is 24.3 Å². The van der Waals surface area contributed by atoms with Gasteiger partial charge in [0.2, 0.25) is 0 Å². The second kappa shape index (κ2) is 7.84. The number of carbonyl (C=O) groups is 1. The van der Waals surface area contributed by atoms with Crippen LogP contribution >= 0.6 is 0 Å². The van der Waals surface area contributed by atoms with Crippen molar-refractivity contribution < 1.29 is 14.3 Å². The first-order valence-corrected chi connectivity index (χ1v) is 8.07. The number of urea groups is 1. The topological polar surface area (TPSA) is 59.6 Å². The third-order valence-corrected chi connectivity index (χ3v) is 4.14. The molecule has 1 atom stereocenters. The van der Waals surface area contributed by atoms with Crippen LogP contribution in [0.3, 0.4) is 0 Å². The summed E-state index contributed by atoms with van der Waals surface area (Å²) in [7, 11) is 1.63. The number of methoxy groups -OCH3 is 1. The summed E-state index contributed by atoms with van der Waals surface area (Å²) in [5, 5.41) is 5.72. The first-order valence-electron chi connectivity index (χ1n) is 8.07. The second-order valence-electron chi connectivity index (χ2n) is 5.82. The van der Waals surface area contributed by atoms with Crippen molar-refractivity contribution in [1.82, 2.24) is 10.6 Å². The SMILES string of the molecule is COc1ccc(CNC(=O)NC[C@H]2Cc3ccccc3CO2)cc1. The van der Waals surface area contributed by atoms with Crippen molar-refractivity contribution in [3.8, 4) is 5.75 Å². The van der Waals surface area contributed by atoms with Crippen molar-refractivity contribution in [3.05, 3.63) is 65.2 Å². The summed E-state index contributed by atoms with van der Waals surface area (Å²) < 4.78 is 10.9. The molecular formula is C19H22N2O3. The van der Waals surface area contributed by atoms with E-state index in [-0.39, 0.29) is 12.1 Å². The number of hydrogen-bond acceptors (Lipinski definition) is 3. The van der Waals surface area contributed by atoms with Crippen molar-refractivity contribution in [2.45, 2.75) is 25.7 Å². The van der Waals surface area contributed by atoms with E-state index in [0.717, 1.165) is 17.7 Å². The molecule has 2 aromatic carbocycles. The lowest BCUT2D eigenvalue weighted by atomic mass is 9.99. The number of nitrogens with one attached hydrogen (secondary N) is 2. The van der Waals surface area contributed by atoms with Crippen molar-refractivity contribution >= 4 is 6.03 Å². The molecule has 0 radical (unpaired) electrons. The van der Waals surface area contributed by atoms with Gasteiger partial charge in [0.05, 0.1) is 19.8 Å². The van der Waals surface area contributed by atoms with Crippen molar-refractivity contribution in [2.24, 2.45) is 0 Å². The van der Waals surface area contributed by atoms with Crippen LogP contribution in [0.2, 0.25) is 0 Å². The summed E-state index contributed by atoms with van der Waals surface area (Å²) >= 11 is 0. The maximum Gasteiger partial charge on any atom is 0.315 e. The van der Waals surface area contributed by atoms with E-state index in [1.165, 1.54) is 11.1 Å². The van der Waals surface area contributed by atoms with E-state index >= 15 is 0 Å². The Morgan fingerprint density at radius 3 is 2.62 bits per heavy atom. The summed E-state index contributed by atoms with van der Waals surface area (Å²) in [5.41, 5.74) is 3.56. The highest BCUT2D eigenvalue weighted by Gasteiger charge is 2.19. The molecule has 0 bridgehead atoms. The van der Waals surface area contributed by atoms with E-state index in [1.54, 1.807) is 7.11 Å². The van der Waals surface area contributed by atoms with E-state index in [1.807, 2.05) is 36.4 Å². The molecule has 0 aromatic heterocycles. The summed E-state index contributed by atoms with van der Waals surface area (Å²) in [6, 6.07) is 15.7. The van der Waals surface area contributed by atoms with Gasteiger partial charge in [0.1, 0.15) is 5.75 Å². The van der Waals surface area contributed by atoms with Gasteiger partial charge in [-0.05, 0) is 28.8 Å². The summed E-state index contributed by atoms with van der Waals surface area (Å²) in [6.07, 6.45) is 0.848. The van der Waals surface area contributed by atoms with E-state index in [2.05, 4.69) is 22.8 Å². The van der Waals surface area contributed by atoms with Crippen molar-refractivity contribution in [1.29, 1.82) is 0 Å². The van der Waals surface area contributed by atoms with E-state index < -0.39 is 0 Å². The maximum atomic E-state index is 11.9. The molecule has 0 saturated heterocycles. The molecule has 126 valence electrons. The van der Waals surface area contributed by atoms with E-state index in [9.17, 15) is 4.79 Å². The number of benzene rings is 2. The Labute approximate surface area is 142 Å². The van der Waals surface area contributed by atoms with Crippen LogP contribution in [0.1, 0.15) is 16.7 Å². The van der Waals surface area contributed by atoms with Gasteiger partial charge in [-0.15, -0.1) is 0 Å². The molecule has 2 aromatic rings. The zero-order valence-electron chi connectivity index (χ0n) is 13.7. The number of hydrogen-bond donors (Lipinski definition) is 2. The van der Waals surface area contributed by atoms with Crippen molar-refractivity contribution in [2.75, 3.05) is 13.7 Å². The lowest BCUT2D eigenvalue weighted by Crippen LogP contribution is -2.41. The molecule has 1 aliphatic heterocycles. The maximum absolute atomic E-state index is 11.9. The van der Waals surface area contributed by atoms with Crippen molar-refractivity contribution in [3.63, 3.8) is 0 Å². The monoisotopic (exact) mass is 326 g/mol. The lowest BCUT2D eigenvalue weighted by molar-refractivity contribution is 0.0305. The molecule has 1 heterocycles. The van der Waals surface area contributed by atoms with Gasteiger partial charge in [-0.2, -0.15) is 0 Å². The summed E-state index contributed by atoms with van der Waals surface area (Å²) in [4.78, 5) is 11.9. The van der Waals surface area contributed by atoms with Gasteiger partial charge in [-0.25, -0.2) is 4.79 Å². The van der Waals surface area contributed by atoms with Gasteiger partial charge in [-0.3, -0.25) is 0 Å². The van der Waals surface area contributed by atoms with Crippen LogP contribution in [0.5, 0.6) is 5.75 Å². The lowest BCUT2D eigenvalue weighted by Gasteiger charge is -2.25. The normalized spacial score (nSPS) is 16.1. The van der Waals surface area contributed by atoms with Gasteiger partial charge < -0.3 is 20.1 Å². The van der Waals surface area contributed by atoms with Gasteiger partial charge in [0.15, 0.2) is 0 Å². The number of ether oxygens (including phenoxy) is 2. The first-order chi connectivity index (χ1) is 11.7. The number of fused-ring (bicyclic) bond motifs is 1. The summed E-state index contributed by atoms with van der Waals surface area (Å²) in [5.74, 6) is 0.804. The van der Waals surface area contributed by atoms with Crippen LogP contribution in [0.4, 0.5) is 4.79 Å². The smallest absolute Gasteiger partial charge is 0.315 e. The minimum atomic E-state index is -0.187. The van der Waals surface area contributed by atoms with Gasteiger partial charge in [0.25, 0.3) is 0 Å². The Kier molecular flexibility index (Phi) is 5.33. The number of carbonyl (C=O) groups excluding carboxylic acids is 1. The molecule has 2 N–H and O–H groups in total. The Morgan fingerprint density at radius 1 is 1.12 bits per heavy atom. The third-order valence-electron chi connectivity index (χ3n) is 4.14. The Balaban J connectivity index is 1.41. The highest BCUT2D eigenvalue weighted by molar-refractivity contribution is 5.73. The molecule has 0 aliphatic carbocycles. The molecule has 0 spiro atoms. The van der Waals surface area contributed by atoms with Crippen LogP contribution in [0, 0.1) is 0 Å². The fourth-order valence-electron chi connectivity index (χ4n) is 2.74. The fraction of sp³-hybridized carbons (Fsp3) is 0.316. The molecule has 2 amide bonds. The van der Waals surface area contributed by atoms with Crippen LogP contribution in [0.15, 0.2) is 48.5 Å². The molecule has 5 nitrogen and oxygen atoms in total. The van der Waals surface area contributed by atoms with E-state index in [0.29, 0.717) is 19.7 Å². The quantitative estimate of drug-likeness (QED) is 0.888. The van der Waals surface area contributed by atoms with Gasteiger partial charge in [0, 0.05) is 19.5 Å². The van der Waals surface area contributed by atoms with Crippen LogP contribution in [0.25, 0.3) is 0 Å². The molecule has 0 unspecified atom stereocenters. The number of amides is 2. The average Bonchev–Trinajstić information content (AvgIpc) is 2.65. The predicted octanol–water partition coefficient (Wildman–Crippen LogP) is 2.64. The predicted molar refractivity (Wildman–Crippen MR) is 92.0 cm³/mol. The summed E-state index contributed by atoms with van der Waals surface area (Å²) in [6.45, 7) is 1.59. The number of rotatable bonds is 5. The Morgan fingerprint density at radius 2 is 1.88 bits per heavy atom. The van der Waals surface area contributed by atoms with Crippen LogP contribution < -0.4 is 15.4 Å². The average molecular weight is 326 g/mol. The molecule has 0 fully saturated rings. The zero-order valence-corrected chi connectivity index (χ0v) is 13.7. The fourth-order valence-corrected chi connectivity index (χ4v) is 2.74. The minimum absolute atomic E-state index is 0.0200. The van der Waals surface area contributed by atoms with Gasteiger partial charge in [-0.1, -0.05) is 36.4 Å². The molecule has 0 saturated carbocycles. The highest BCUT2D eigenvalue weighted by atomic mass is 16.5. The Bertz CT molecular complexity index is 685. The Hall–Kier alpha value is -2.53. The molecule has 24 heavy (non-hydrogen) atoms. The standard InChI is InChI=1S/C19H22N2O3/c1-23-17-8-6-14(7-9-17)11-20-19(22)21-12-18-10-15-4-2-3-5-16(15)13-24-18/h2-9,18H,10-13H2,1H3,(H2,20,21,22)/t18-/m1/s1. The highest BCUT2D eigenvalue weighted by Crippen LogP contribution is 2.19. The largest absolute Gasteiger partial charge is 0.497 e. The molecule has 5 heteroatoms. The first kappa shape index (κ1) is 16.3. The van der Waals surface area contributed by atoms with Gasteiger partial charge >= 0.3 is 6.03 Å². The second-order valence-corrected chi connectivity index (χ2v) is 5.82. The minimum Gasteiger partial charge on any atom is -0.497 e.